The lowest BCUT2D eigenvalue weighted by molar-refractivity contribution is 0.102. The van der Waals surface area contributed by atoms with E-state index in [0.29, 0.717) is 28.4 Å². The monoisotopic (exact) mass is 308 g/mol. The van der Waals surface area contributed by atoms with Crippen molar-refractivity contribution in [2.45, 2.75) is 0 Å². The number of anilines is 1. The summed E-state index contributed by atoms with van der Waals surface area (Å²) in [5.41, 5.74) is 1.57. The van der Waals surface area contributed by atoms with Crippen molar-refractivity contribution in [3.05, 3.63) is 60.3 Å². The molecule has 0 fully saturated rings. The van der Waals surface area contributed by atoms with Crippen LogP contribution >= 0.6 is 0 Å². The second-order valence-corrected chi connectivity index (χ2v) is 4.88. The molecule has 0 aliphatic carbocycles. The van der Waals surface area contributed by atoms with Crippen LogP contribution < -0.4 is 14.8 Å². The molecule has 1 amide bonds. The average molecular weight is 308 g/mol. The number of carbonyl (C=O) groups is 1. The van der Waals surface area contributed by atoms with Crippen molar-refractivity contribution >= 4 is 22.5 Å². The van der Waals surface area contributed by atoms with Crippen LogP contribution in [0.5, 0.6) is 11.5 Å². The van der Waals surface area contributed by atoms with Gasteiger partial charge in [-0.3, -0.25) is 4.79 Å². The van der Waals surface area contributed by atoms with Gasteiger partial charge in [-0.2, -0.15) is 0 Å². The normalized spacial score (nSPS) is 10.3. The molecule has 3 aromatic rings. The summed E-state index contributed by atoms with van der Waals surface area (Å²) in [6.07, 6.45) is 0. The van der Waals surface area contributed by atoms with E-state index in [1.165, 1.54) is 0 Å². The highest BCUT2D eigenvalue weighted by atomic mass is 16.5. The second kappa shape index (κ2) is 6.36. The third kappa shape index (κ3) is 2.94. The number of rotatable bonds is 4. The number of aromatic nitrogens is 1. The lowest BCUT2D eigenvalue weighted by Crippen LogP contribution is -2.14. The minimum Gasteiger partial charge on any atom is -0.495 e. The van der Waals surface area contributed by atoms with Crippen LogP contribution in [0.25, 0.3) is 10.9 Å². The summed E-state index contributed by atoms with van der Waals surface area (Å²) in [7, 11) is 3.14. The first kappa shape index (κ1) is 14.8. The second-order valence-electron chi connectivity index (χ2n) is 4.88. The van der Waals surface area contributed by atoms with Gasteiger partial charge in [-0.25, -0.2) is 4.98 Å². The molecular weight excluding hydrogens is 292 g/mol. The minimum atomic E-state index is -0.303. The molecule has 2 aromatic carbocycles. The molecule has 0 spiro atoms. The Kier molecular flexibility index (Phi) is 4.10. The Bertz CT molecular complexity index is 862. The Morgan fingerprint density at radius 2 is 1.65 bits per heavy atom. The smallest absolute Gasteiger partial charge is 0.274 e. The first-order chi connectivity index (χ1) is 11.2. The zero-order valence-corrected chi connectivity index (χ0v) is 12.9. The third-order valence-electron chi connectivity index (χ3n) is 3.49. The molecule has 116 valence electrons. The summed E-state index contributed by atoms with van der Waals surface area (Å²) in [5, 5.41) is 3.73. The van der Waals surface area contributed by atoms with Gasteiger partial charge in [0.15, 0.2) is 0 Å². The van der Waals surface area contributed by atoms with Gasteiger partial charge in [-0.05, 0) is 24.3 Å². The molecule has 3 rings (SSSR count). The number of amides is 1. The van der Waals surface area contributed by atoms with Gasteiger partial charge < -0.3 is 14.8 Å². The predicted molar refractivity (Wildman–Crippen MR) is 89.2 cm³/mol. The van der Waals surface area contributed by atoms with E-state index < -0.39 is 0 Å². The predicted octanol–water partition coefficient (Wildman–Crippen LogP) is 3.50. The van der Waals surface area contributed by atoms with Crippen molar-refractivity contribution < 1.29 is 14.3 Å². The van der Waals surface area contributed by atoms with Gasteiger partial charge in [-0.15, -0.1) is 0 Å². The summed E-state index contributed by atoms with van der Waals surface area (Å²) >= 11 is 0. The van der Waals surface area contributed by atoms with Crippen LogP contribution in [0, 0.1) is 0 Å². The number of fused-ring (bicyclic) bond motifs is 1. The molecule has 5 heteroatoms. The molecule has 0 bridgehead atoms. The number of nitrogens with zero attached hydrogens (tertiary/aromatic N) is 1. The van der Waals surface area contributed by atoms with E-state index in [-0.39, 0.29) is 5.91 Å². The van der Waals surface area contributed by atoms with E-state index in [4.69, 9.17) is 9.47 Å². The lowest BCUT2D eigenvalue weighted by atomic mass is 10.2. The Morgan fingerprint density at radius 1 is 0.913 bits per heavy atom. The number of benzene rings is 2. The van der Waals surface area contributed by atoms with Gasteiger partial charge in [0.1, 0.15) is 22.7 Å². The number of methoxy groups -OCH3 is 2. The van der Waals surface area contributed by atoms with Crippen molar-refractivity contribution in [1.82, 2.24) is 4.98 Å². The average Bonchev–Trinajstić information content (AvgIpc) is 2.61. The molecule has 0 unspecified atom stereocenters. The van der Waals surface area contributed by atoms with Crippen molar-refractivity contribution in [3.8, 4) is 11.5 Å². The molecule has 0 atom stereocenters. The summed E-state index contributed by atoms with van der Waals surface area (Å²) < 4.78 is 10.5. The zero-order chi connectivity index (χ0) is 16.2. The molecular formula is C18H16N2O3. The Morgan fingerprint density at radius 3 is 2.43 bits per heavy atom. The molecule has 0 saturated heterocycles. The fraction of sp³-hybridized carbons (Fsp3) is 0.111. The lowest BCUT2D eigenvalue weighted by Gasteiger charge is -2.10. The van der Waals surface area contributed by atoms with Crippen LogP contribution in [0.2, 0.25) is 0 Å². The Balaban J connectivity index is 1.95. The molecule has 5 nitrogen and oxygen atoms in total. The molecule has 1 aromatic heterocycles. The molecule has 1 heterocycles. The van der Waals surface area contributed by atoms with Gasteiger partial charge in [-0.1, -0.05) is 30.3 Å². The van der Waals surface area contributed by atoms with E-state index in [2.05, 4.69) is 10.3 Å². The molecule has 0 aliphatic rings. The number of nitrogens with one attached hydrogen (secondary N) is 1. The number of hydrogen-bond acceptors (Lipinski definition) is 4. The number of hydrogen-bond donors (Lipinski definition) is 1. The maximum atomic E-state index is 12.5. The number of carbonyl (C=O) groups excluding carboxylic acids is 1. The molecule has 0 aliphatic heterocycles. The zero-order valence-electron chi connectivity index (χ0n) is 12.9. The van der Waals surface area contributed by atoms with E-state index in [0.717, 1.165) is 5.39 Å². The standard InChI is InChI=1S/C18H16N2O3/c1-22-15-8-4-3-7-13(15)20-18(21)14-11-10-12-6-5-9-16(23-2)17(12)19-14/h3-11H,1-2H3,(H,20,21). The van der Waals surface area contributed by atoms with Crippen LogP contribution in [0.15, 0.2) is 54.6 Å². The largest absolute Gasteiger partial charge is 0.495 e. The summed E-state index contributed by atoms with van der Waals surface area (Å²) in [4.78, 5) is 16.9. The third-order valence-corrected chi connectivity index (χ3v) is 3.49. The molecule has 23 heavy (non-hydrogen) atoms. The first-order valence-electron chi connectivity index (χ1n) is 7.11. The van der Waals surface area contributed by atoms with Crippen LogP contribution in [0.1, 0.15) is 10.5 Å². The highest BCUT2D eigenvalue weighted by Gasteiger charge is 2.12. The topological polar surface area (TPSA) is 60.5 Å². The van der Waals surface area contributed by atoms with Crippen molar-refractivity contribution in [2.75, 3.05) is 19.5 Å². The Labute approximate surface area is 133 Å². The Hall–Kier alpha value is -3.08. The van der Waals surface area contributed by atoms with Crippen LogP contribution in [0.3, 0.4) is 0 Å². The fourth-order valence-electron chi connectivity index (χ4n) is 2.35. The van der Waals surface area contributed by atoms with Gasteiger partial charge in [0.05, 0.1) is 19.9 Å². The highest BCUT2D eigenvalue weighted by molar-refractivity contribution is 6.05. The quantitative estimate of drug-likeness (QED) is 0.801. The van der Waals surface area contributed by atoms with Crippen molar-refractivity contribution in [1.29, 1.82) is 0 Å². The fourth-order valence-corrected chi connectivity index (χ4v) is 2.35. The number of para-hydroxylation sites is 3. The SMILES string of the molecule is COc1ccccc1NC(=O)c1ccc2cccc(OC)c2n1. The number of ether oxygens (including phenoxy) is 2. The maximum Gasteiger partial charge on any atom is 0.274 e. The summed E-state index contributed by atoms with van der Waals surface area (Å²) in [5.74, 6) is 0.927. The van der Waals surface area contributed by atoms with Gasteiger partial charge in [0, 0.05) is 5.39 Å². The first-order valence-corrected chi connectivity index (χ1v) is 7.11. The highest BCUT2D eigenvalue weighted by Crippen LogP contribution is 2.25. The van der Waals surface area contributed by atoms with Gasteiger partial charge >= 0.3 is 0 Å². The van der Waals surface area contributed by atoms with Crippen molar-refractivity contribution in [3.63, 3.8) is 0 Å². The van der Waals surface area contributed by atoms with E-state index in [9.17, 15) is 4.79 Å². The van der Waals surface area contributed by atoms with Crippen LogP contribution in [-0.2, 0) is 0 Å². The number of pyridine rings is 1. The minimum absolute atomic E-state index is 0.303. The van der Waals surface area contributed by atoms with Crippen LogP contribution in [-0.4, -0.2) is 25.1 Å². The van der Waals surface area contributed by atoms with E-state index >= 15 is 0 Å². The molecule has 0 saturated carbocycles. The molecule has 0 radical (unpaired) electrons. The van der Waals surface area contributed by atoms with E-state index in [1.54, 1.807) is 32.4 Å². The summed E-state index contributed by atoms with van der Waals surface area (Å²) in [6, 6.07) is 16.4. The van der Waals surface area contributed by atoms with E-state index in [1.807, 2.05) is 36.4 Å². The van der Waals surface area contributed by atoms with Crippen molar-refractivity contribution in [2.24, 2.45) is 0 Å². The van der Waals surface area contributed by atoms with Crippen LogP contribution in [0.4, 0.5) is 5.69 Å². The molecule has 1 N–H and O–H groups in total. The van der Waals surface area contributed by atoms with Gasteiger partial charge in [0.25, 0.3) is 5.91 Å². The summed E-state index contributed by atoms with van der Waals surface area (Å²) in [6.45, 7) is 0. The maximum absolute atomic E-state index is 12.5. The van der Waals surface area contributed by atoms with Gasteiger partial charge in [0.2, 0.25) is 0 Å².